The minimum absolute atomic E-state index is 0.154. The Bertz CT molecular complexity index is 631. The molecule has 5 heteroatoms. The number of alkyl halides is 3. The third kappa shape index (κ3) is 4.63. The van der Waals surface area contributed by atoms with Gasteiger partial charge in [0.25, 0.3) is 0 Å². The Hall–Kier alpha value is -2.30. The molecule has 110 valence electrons. The van der Waals surface area contributed by atoms with Gasteiger partial charge in [-0.2, -0.15) is 0 Å². The highest BCUT2D eigenvalue weighted by Crippen LogP contribution is 2.23. The van der Waals surface area contributed by atoms with Gasteiger partial charge in [-0.05, 0) is 36.8 Å². The van der Waals surface area contributed by atoms with Crippen molar-refractivity contribution >= 4 is 5.78 Å². The standard InChI is InChI=1S/C16H13F3O2/c1-11-3-2-4-12(9-11)10-15(20)13-5-7-14(8-6-13)21-16(17,18)19/h2-9H,10H2,1H3. The van der Waals surface area contributed by atoms with E-state index in [1.54, 1.807) is 0 Å². The zero-order valence-corrected chi connectivity index (χ0v) is 11.3. The van der Waals surface area contributed by atoms with Crippen LogP contribution in [-0.2, 0) is 6.42 Å². The van der Waals surface area contributed by atoms with Gasteiger partial charge in [-0.15, -0.1) is 13.2 Å². The van der Waals surface area contributed by atoms with Crippen LogP contribution in [0.15, 0.2) is 48.5 Å². The summed E-state index contributed by atoms with van der Waals surface area (Å²) >= 11 is 0. The maximum Gasteiger partial charge on any atom is 0.573 e. The van der Waals surface area contributed by atoms with E-state index >= 15 is 0 Å². The van der Waals surface area contributed by atoms with Crippen LogP contribution in [-0.4, -0.2) is 12.1 Å². The summed E-state index contributed by atoms with van der Waals surface area (Å²) in [5.74, 6) is -0.492. The van der Waals surface area contributed by atoms with E-state index in [0.717, 1.165) is 23.3 Å². The lowest BCUT2D eigenvalue weighted by Gasteiger charge is -2.09. The van der Waals surface area contributed by atoms with E-state index in [4.69, 9.17) is 0 Å². The van der Waals surface area contributed by atoms with E-state index < -0.39 is 6.36 Å². The molecule has 2 rings (SSSR count). The molecule has 2 nitrogen and oxygen atoms in total. The van der Waals surface area contributed by atoms with Crippen molar-refractivity contribution < 1.29 is 22.7 Å². The van der Waals surface area contributed by atoms with Crippen molar-refractivity contribution in [3.8, 4) is 5.75 Å². The summed E-state index contributed by atoms with van der Waals surface area (Å²) in [6.45, 7) is 1.93. The van der Waals surface area contributed by atoms with Crippen molar-refractivity contribution in [2.75, 3.05) is 0 Å². The summed E-state index contributed by atoms with van der Waals surface area (Å²) in [6, 6.07) is 12.5. The summed E-state index contributed by atoms with van der Waals surface area (Å²) < 4.78 is 39.9. The van der Waals surface area contributed by atoms with Crippen LogP contribution in [0, 0.1) is 6.92 Å². The van der Waals surface area contributed by atoms with Gasteiger partial charge >= 0.3 is 6.36 Å². The first kappa shape index (κ1) is 15.1. The molecule has 0 bridgehead atoms. The van der Waals surface area contributed by atoms with Gasteiger partial charge in [-0.1, -0.05) is 29.8 Å². The lowest BCUT2D eigenvalue weighted by atomic mass is 10.0. The molecule has 2 aromatic rings. The van der Waals surface area contributed by atoms with Crippen molar-refractivity contribution in [3.63, 3.8) is 0 Å². The SMILES string of the molecule is Cc1cccc(CC(=O)c2ccc(OC(F)(F)F)cc2)c1. The Morgan fingerprint density at radius 3 is 2.33 bits per heavy atom. The number of ketones is 1. The summed E-state index contributed by atoms with van der Waals surface area (Å²) in [4.78, 5) is 12.1. The molecule has 0 amide bonds. The highest BCUT2D eigenvalue weighted by atomic mass is 19.4. The smallest absolute Gasteiger partial charge is 0.406 e. The van der Waals surface area contributed by atoms with Crippen LogP contribution < -0.4 is 4.74 Å². The number of hydrogen-bond donors (Lipinski definition) is 0. The Balaban J connectivity index is 2.06. The number of benzene rings is 2. The monoisotopic (exact) mass is 294 g/mol. The topological polar surface area (TPSA) is 26.3 Å². The highest BCUT2D eigenvalue weighted by molar-refractivity contribution is 5.97. The molecule has 0 radical (unpaired) electrons. The minimum atomic E-state index is -4.73. The third-order valence-corrected chi connectivity index (χ3v) is 2.86. The van der Waals surface area contributed by atoms with Gasteiger partial charge in [0.1, 0.15) is 5.75 Å². The molecular formula is C16H13F3O2. The normalized spacial score (nSPS) is 11.2. The van der Waals surface area contributed by atoms with Gasteiger partial charge in [0.2, 0.25) is 0 Å². The number of carbonyl (C=O) groups is 1. The first-order valence-electron chi connectivity index (χ1n) is 6.28. The number of hydrogen-bond acceptors (Lipinski definition) is 2. The minimum Gasteiger partial charge on any atom is -0.406 e. The summed E-state index contributed by atoms with van der Waals surface area (Å²) in [5.41, 5.74) is 2.27. The average Bonchev–Trinajstić information content (AvgIpc) is 2.37. The molecule has 0 N–H and O–H groups in total. The summed E-state index contributed by atoms with van der Waals surface area (Å²) in [5, 5.41) is 0. The van der Waals surface area contributed by atoms with Gasteiger partial charge in [0.15, 0.2) is 5.78 Å². The van der Waals surface area contributed by atoms with Gasteiger partial charge in [-0.25, -0.2) is 0 Å². The zero-order chi connectivity index (χ0) is 15.5. The molecule has 0 saturated heterocycles. The molecule has 0 saturated carbocycles. The molecule has 0 aromatic heterocycles. The van der Waals surface area contributed by atoms with Gasteiger partial charge in [0, 0.05) is 12.0 Å². The van der Waals surface area contributed by atoms with Crippen LogP contribution >= 0.6 is 0 Å². The number of aryl methyl sites for hydroxylation is 1. The Labute approximate surface area is 120 Å². The molecule has 0 aliphatic rings. The van der Waals surface area contributed by atoms with Gasteiger partial charge in [-0.3, -0.25) is 4.79 Å². The number of rotatable bonds is 4. The number of ether oxygens (including phenoxy) is 1. The molecule has 0 fully saturated rings. The van der Waals surface area contributed by atoms with Crippen molar-refractivity contribution in [2.45, 2.75) is 19.7 Å². The van der Waals surface area contributed by atoms with E-state index in [-0.39, 0.29) is 18.0 Å². The van der Waals surface area contributed by atoms with Crippen molar-refractivity contribution in [1.82, 2.24) is 0 Å². The Morgan fingerprint density at radius 2 is 1.76 bits per heavy atom. The van der Waals surface area contributed by atoms with Crippen molar-refractivity contribution in [3.05, 3.63) is 65.2 Å². The average molecular weight is 294 g/mol. The molecule has 0 spiro atoms. The molecule has 0 atom stereocenters. The van der Waals surface area contributed by atoms with Crippen molar-refractivity contribution in [2.24, 2.45) is 0 Å². The summed E-state index contributed by atoms with van der Waals surface area (Å²) in [7, 11) is 0. The number of halogens is 3. The predicted molar refractivity (Wildman–Crippen MR) is 72.3 cm³/mol. The molecule has 0 aliphatic heterocycles. The fraction of sp³-hybridized carbons (Fsp3) is 0.188. The molecular weight excluding hydrogens is 281 g/mol. The van der Waals surface area contributed by atoms with Crippen LogP contribution in [0.3, 0.4) is 0 Å². The van der Waals surface area contributed by atoms with E-state index in [9.17, 15) is 18.0 Å². The zero-order valence-electron chi connectivity index (χ0n) is 11.3. The van der Waals surface area contributed by atoms with Crippen LogP contribution in [0.2, 0.25) is 0 Å². The highest BCUT2D eigenvalue weighted by Gasteiger charge is 2.31. The van der Waals surface area contributed by atoms with E-state index in [0.29, 0.717) is 5.56 Å². The second kappa shape index (κ2) is 5.99. The maximum atomic E-state index is 12.1. The second-order valence-electron chi connectivity index (χ2n) is 4.66. The van der Waals surface area contributed by atoms with Crippen LogP contribution in [0.25, 0.3) is 0 Å². The second-order valence-corrected chi connectivity index (χ2v) is 4.66. The first-order valence-corrected chi connectivity index (χ1v) is 6.28. The number of carbonyl (C=O) groups excluding carboxylic acids is 1. The van der Waals surface area contributed by atoms with E-state index in [2.05, 4.69) is 4.74 Å². The molecule has 0 aliphatic carbocycles. The maximum absolute atomic E-state index is 12.1. The quantitative estimate of drug-likeness (QED) is 0.785. The lowest BCUT2D eigenvalue weighted by molar-refractivity contribution is -0.274. The van der Waals surface area contributed by atoms with Crippen LogP contribution in [0.1, 0.15) is 21.5 Å². The number of Topliss-reactive ketones (excluding diaryl/α,β-unsaturated/α-hetero) is 1. The largest absolute Gasteiger partial charge is 0.573 e. The van der Waals surface area contributed by atoms with Crippen molar-refractivity contribution in [1.29, 1.82) is 0 Å². The predicted octanol–water partition coefficient (Wildman–Crippen LogP) is 4.32. The van der Waals surface area contributed by atoms with E-state index in [1.807, 2.05) is 31.2 Å². The summed E-state index contributed by atoms with van der Waals surface area (Å²) in [6.07, 6.45) is -4.52. The van der Waals surface area contributed by atoms with E-state index in [1.165, 1.54) is 12.1 Å². The van der Waals surface area contributed by atoms with Crippen LogP contribution in [0.5, 0.6) is 5.75 Å². The first-order chi connectivity index (χ1) is 9.83. The fourth-order valence-corrected chi connectivity index (χ4v) is 1.95. The van der Waals surface area contributed by atoms with Crippen LogP contribution in [0.4, 0.5) is 13.2 Å². The molecule has 0 heterocycles. The molecule has 21 heavy (non-hydrogen) atoms. The lowest BCUT2D eigenvalue weighted by Crippen LogP contribution is -2.17. The molecule has 0 unspecified atom stereocenters. The Morgan fingerprint density at radius 1 is 1.10 bits per heavy atom. The Kier molecular flexibility index (Phi) is 4.31. The molecule has 2 aromatic carbocycles. The fourth-order valence-electron chi connectivity index (χ4n) is 1.95. The van der Waals surface area contributed by atoms with Gasteiger partial charge in [0.05, 0.1) is 0 Å². The van der Waals surface area contributed by atoms with Gasteiger partial charge < -0.3 is 4.74 Å². The third-order valence-electron chi connectivity index (χ3n) is 2.86.